The van der Waals surface area contributed by atoms with Crippen molar-refractivity contribution >= 4 is 21.6 Å². The number of amides is 1. The van der Waals surface area contributed by atoms with Crippen molar-refractivity contribution < 1.29 is 17.9 Å². The van der Waals surface area contributed by atoms with Gasteiger partial charge in [-0.1, -0.05) is 32.9 Å². The number of sulfonamides is 1. The molecular weight excluding hydrogens is 436 g/mol. The lowest BCUT2D eigenvalue weighted by molar-refractivity contribution is -0.123. The van der Waals surface area contributed by atoms with Gasteiger partial charge in [-0.05, 0) is 72.6 Å². The SMILES string of the molecule is COc1ccc2c(c1)CCCN2C(=O)C1CCCN(S(=O)(=O)c2ccc(C(C)(C)C)cc2)C1. The summed E-state index contributed by atoms with van der Waals surface area (Å²) in [6, 6.07) is 13.0. The highest BCUT2D eigenvalue weighted by Gasteiger charge is 2.36. The molecule has 4 rings (SSSR count). The molecule has 2 aliphatic rings. The van der Waals surface area contributed by atoms with Gasteiger partial charge in [0, 0.05) is 25.3 Å². The molecule has 0 aromatic heterocycles. The number of ether oxygens (including phenoxy) is 1. The van der Waals surface area contributed by atoms with Crippen LogP contribution in [0.15, 0.2) is 47.4 Å². The van der Waals surface area contributed by atoms with Gasteiger partial charge in [-0.3, -0.25) is 4.79 Å². The lowest BCUT2D eigenvalue weighted by Crippen LogP contribution is -2.48. The summed E-state index contributed by atoms with van der Waals surface area (Å²) in [5.74, 6) is 0.468. The second kappa shape index (κ2) is 9.11. The fourth-order valence-electron chi connectivity index (χ4n) is 4.79. The lowest BCUT2D eigenvalue weighted by atomic mass is 9.87. The number of nitrogens with zero attached hydrogens (tertiary/aromatic N) is 2. The fraction of sp³-hybridized carbons (Fsp3) is 0.500. The molecule has 0 radical (unpaired) electrons. The van der Waals surface area contributed by atoms with E-state index in [0.717, 1.165) is 35.4 Å². The van der Waals surface area contributed by atoms with E-state index in [1.807, 2.05) is 35.2 Å². The molecule has 1 atom stereocenters. The Labute approximate surface area is 197 Å². The van der Waals surface area contributed by atoms with Crippen molar-refractivity contribution in [1.82, 2.24) is 4.31 Å². The topological polar surface area (TPSA) is 66.9 Å². The largest absolute Gasteiger partial charge is 0.497 e. The molecule has 0 aliphatic carbocycles. The molecule has 0 N–H and O–H groups in total. The fourth-order valence-corrected chi connectivity index (χ4v) is 6.31. The maximum atomic E-state index is 13.5. The minimum absolute atomic E-state index is 0.0177. The van der Waals surface area contributed by atoms with Gasteiger partial charge in [0.25, 0.3) is 0 Å². The zero-order valence-electron chi connectivity index (χ0n) is 20.0. The molecule has 178 valence electrons. The minimum atomic E-state index is -3.64. The Bertz CT molecular complexity index is 1120. The van der Waals surface area contributed by atoms with Crippen molar-refractivity contribution in [3.8, 4) is 5.75 Å². The van der Waals surface area contributed by atoms with Crippen LogP contribution in [0.25, 0.3) is 0 Å². The number of aryl methyl sites for hydroxylation is 1. The first-order chi connectivity index (χ1) is 15.6. The van der Waals surface area contributed by atoms with Crippen molar-refractivity contribution in [2.75, 3.05) is 31.6 Å². The van der Waals surface area contributed by atoms with Crippen LogP contribution in [0.2, 0.25) is 0 Å². The Balaban J connectivity index is 1.52. The predicted octanol–water partition coefficient (Wildman–Crippen LogP) is 4.37. The average Bonchev–Trinajstić information content (AvgIpc) is 2.82. The summed E-state index contributed by atoms with van der Waals surface area (Å²) in [5, 5.41) is 0. The zero-order chi connectivity index (χ0) is 23.8. The van der Waals surface area contributed by atoms with Gasteiger partial charge in [0.1, 0.15) is 5.75 Å². The Morgan fingerprint density at radius 1 is 1.03 bits per heavy atom. The third-order valence-electron chi connectivity index (χ3n) is 6.76. The van der Waals surface area contributed by atoms with E-state index < -0.39 is 10.0 Å². The molecule has 0 spiro atoms. The van der Waals surface area contributed by atoms with Gasteiger partial charge < -0.3 is 9.64 Å². The van der Waals surface area contributed by atoms with Crippen LogP contribution in [-0.2, 0) is 26.7 Å². The molecule has 33 heavy (non-hydrogen) atoms. The standard InChI is InChI=1S/C26H34N2O4S/c1-26(2,3)21-9-12-23(13-10-21)33(30,31)27-15-5-8-20(18-27)25(29)28-16-6-7-19-17-22(32-4)11-14-24(19)28/h9-14,17,20H,5-8,15-16,18H2,1-4H3. The molecule has 2 heterocycles. The van der Waals surface area contributed by atoms with Crippen molar-refractivity contribution in [2.45, 2.75) is 56.8 Å². The summed E-state index contributed by atoms with van der Waals surface area (Å²) in [5.41, 5.74) is 3.08. The number of fused-ring (bicyclic) bond motifs is 1. The van der Waals surface area contributed by atoms with Gasteiger partial charge in [-0.25, -0.2) is 8.42 Å². The van der Waals surface area contributed by atoms with Crippen LogP contribution in [0.3, 0.4) is 0 Å². The third-order valence-corrected chi connectivity index (χ3v) is 8.64. The molecule has 6 nitrogen and oxygen atoms in total. The smallest absolute Gasteiger partial charge is 0.243 e. The second-order valence-electron chi connectivity index (χ2n) is 10.1. The lowest BCUT2D eigenvalue weighted by Gasteiger charge is -2.36. The van der Waals surface area contributed by atoms with Crippen LogP contribution in [-0.4, -0.2) is 45.4 Å². The van der Waals surface area contributed by atoms with E-state index in [0.29, 0.717) is 30.8 Å². The van der Waals surface area contributed by atoms with Crippen LogP contribution in [0, 0.1) is 5.92 Å². The Morgan fingerprint density at radius 2 is 1.76 bits per heavy atom. The third kappa shape index (κ3) is 4.80. The van der Waals surface area contributed by atoms with Crippen LogP contribution >= 0.6 is 0 Å². The number of carbonyl (C=O) groups is 1. The van der Waals surface area contributed by atoms with E-state index in [4.69, 9.17) is 4.74 Å². The first-order valence-corrected chi connectivity index (χ1v) is 13.1. The molecule has 2 aromatic carbocycles. The summed E-state index contributed by atoms with van der Waals surface area (Å²) >= 11 is 0. The number of anilines is 1. The maximum Gasteiger partial charge on any atom is 0.243 e. The van der Waals surface area contributed by atoms with Crippen LogP contribution in [0.4, 0.5) is 5.69 Å². The van der Waals surface area contributed by atoms with E-state index >= 15 is 0 Å². The van der Waals surface area contributed by atoms with Crippen molar-refractivity contribution in [3.63, 3.8) is 0 Å². The molecule has 0 saturated carbocycles. The van der Waals surface area contributed by atoms with Gasteiger partial charge in [0.05, 0.1) is 17.9 Å². The predicted molar refractivity (Wildman–Crippen MR) is 130 cm³/mol. The average molecular weight is 471 g/mol. The highest BCUT2D eigenvalue weighted by Crippen LogP contribution is 2.33. The summed E-state index contributed by atoms with van der Waals surface area (Å²) in [6.45, 7) is 7.64. The Kier molecular flexibility index (Phi) is 6.56. The molecule has 7 heteroatoms. The van der Waals surface area contributed by atoms with E-state index in [-0.39, 0.29) is 23.8 Å². The monoisotopic (exact) mass is 470 g/mol. The number of hydrogen-bond acceptors (Lipinski definition) is 4. The Morgan fingerprint density at radius 3 is 2.42 bits per heavy atom. The van der Waals surface area contributed by atoms with Gasteiger partial charge in [0.15, 0.2) is 0 Å². The molecule has 1 fully saturated rings. The molecule has 1 saturated heterocycles. The normalized spacial score (nSPS) is 19.8. The number of methoxy groups -OCH3 is 1. The molecule has 0 bridgehead atoms. The minimum Gasteiger partial charge on any atom is -0.497 e. The van der Waals surface area contributed by atoms with Crippen molar-refractivity contribution in [1.29, 1.82) is 0 Å². The van der Waals surface area contributed by atoms with Gasteiger partial charge in [-0.15, -0.1) is 0 Å². The molecule has 2 aromatic rings. The number of hydrogen-bond donors (Lipinski definition) is 0. The molecular formula is C26H34N2O4S. The van der Waals surface area contributed by atoms with Crippen LogP contribution in [0.1, 0.15) is 51.2 Å². The number of piperidine rings is 1. The first kappa shape index (κ1) is 23.8. The summed E-state index contributed by atoms with van der Waals surface area (Å²) < 4.78 is 33.5. The molecule has 2 aliphatic heterocycles. The van der Waals surface area contributed by atoms with E-state index in [1.165, 1.54) is 4.31 Å². The quantitative estimate of drug-likeness (QED) is 0.665. The number of carbonyl (C=O) groups excluding carboxylic acids is 1. The first-order valence-electron chi connectivity index (χ1n) is 11.7. The van der Waals surface area contributed by atoms with Gasteiger partial charge in [0.2, 0.25) is 15.9 Å². The van der Waals surface area contributed by atoms with E-state index in [2.05, 4.69) is 20.8 Å². The zero-order valence-corrected chi connectivity index (χ0v) is 20.8. The molecule has 1 unspecified atom stereocenters. The highest BCUT2D eigenvalue weighted by molar-refractivity contribution is 7.89. The number of benzene rings is 2. The summed E-state index contributed by atoms with van der Waals surface area (Å²) in [7, 11) is -2.00. The van der Waals surface area contributed by atoms with E-state index in [9.17, 15) is 13.2 Å². The van der Waals surface area contributed by atoms with Crippen molar-refractivity contribution in [2.24, 2.45) is 5.92 Å². The highest BCUT2D eigenvalue weighted by atomic mass is 32.2. The van der Waals surface area contributed by atoms with Gasteiger partial charge >= 0.3 is 0 Å². The van der Waals surface area contributed by atoms with Crippen LogP contribution in [0.5, 0.6) is 5.75 Å². The summed E-state index contributed by atoms with van der Waals surface area (Å²) in [4.78, 5) is 15.6. The second-order valence-corrected chi connectivity index (χ2v) is 12.0. The van der Waals surface area contributed by atoms with E-state index in [1.54, 1.807) is 19.2 Å². The number of rotatable bonds is 4. The Hall–Kier alpha value is -2.38. The summed E-state index contributed by atoms with van der Waals surface area (Å²) in [6.07, 6.45) is 3.18. The van der Waals surface area contributed by atoms with Crippen molar-refractivity contribution in [3.05, 3.63) is 53.6 Å². The van der Waals surface area contributed by atoms with Crippen LogP contribution < -0.4 is 9.64 Å². The molecule has 1 amide bonds. The maximum absolute atomic E-state index is 13.5. The van der Waals surface area contributed by atoms with Gasteiger partial charge in [-0.2, -0.15) is 4.31 Å².